The maximum atomic E-state index is 11.6. The Morgan fingerprint density at radius 3 is 2.58 bits per heavy atom. The van der Waals surface area contributed by atoms with E-state index in [9.17, 15) is 4.79 Å². The van der Waals surface area contributed by atoms with Crippen LogP contribution in [0.1, 0.15) is 29.5 Å². The lowest BCUT2D eigenvalue weighted by Crippen LogP contribution is -2.36. The molecule has 5 heteroatoms. The minimum atomic E-state index is -0.0739. The molecule has 124 valence electrons. The van der Waals surface area contributed by atoms with Crippen molar-refractivity contribution in [1.82, 2.24) is 15.1 Å². The Balaban J connectivity index is 1.53. The van der Waals surface area contributed by atoms with E-state index in [1.54, 1.807) is 12.4 Å². The van der Waals surface area contributed by atoms with E-state index in [2.05, 4.69) is 39.1 Å². The molecule has 1 aliphatic rings. The number of H-pyrrole nitrogens is 1. The zero-order valence-corrected chi connectivity index (χ0v) is 13.8. The van der Waals surface area contributed by atoms with Gasteiger partial charge in [0.05, 0.1) is 24.8 Å². The molecule has 0 aliphatic carbocycles. The Labute approximate surface area is 142 Å². The first kappa shape index (κ1) is 16.3. The fourth-order valence-corrected chi connectivity index (χ4v) is 2.91. The first-order valence-electron chi connectivity index (χ1n) is 8.14. The van der Waals surface area contributed by atoms with E-state index in [4.69, 9.17) is 4.74 Å². The third-order valence-electron chi connectivity index (χ3n) is 4.33. The summed E-state index contributed by atoms with van der Waals surface area (Å²) in [7, 11) is 1.46. The van der Waals surface area contributed by atoms with Gasteiger partial charge in [-0.25, -0.2) is 0 Å². The fourth-order valence-electron chi connectivity index (χ4n) is 2.91. The molecular formula is C19H21N3O2. The molecule has 2 aromatic rings. The largest absolute Gasteiger partial charge is 0.469 e. The van der Waals surface area contributed by atoms with Crippen LogP contribution in [0, 0.1) is 17.8 Å². The summed E-state index contributed by atoms with van der Waals surface area (Å²) in [5, 5.41) is 6.62. The second-order valence-electron chi connectivity index (χ2n) is 6.01. The zero-order valence-electron chi connectivity index (χ0n) is 13.8. The average Bonchev–Trinajstić information content (AvgIpc) is 3.15. The van der Waals surface area contributed by atoms with E-state index >= 15 is 0 Å². The Morgan fingerprint density at radius 1 is 1.25 bits per heavy atom. The Morgan fingerprint density at radius 2 is 1.96 bits per heavy atom. The number of hydrogen-bond donors (Lipinski definition) is 1. The molecule has 0 bridgehead atoms. The summed E-state index contributed by atoms with van der Waals surface area (Å²) in [6.07, 6.45) is 5.24. The van der Waals surface area contributed by atoms with Gasteiger partial charge in [-0.05, 0) is 43.6 Å². The number of carbonyl (C=O) groups excluding carboxylic acids is 1. The number of hydrogen-bond acceptors (Lipinski definition) is 4. The SMILES string of the molecule is COC(=O)C1CCN(Cc2ccc(C#Cc3cn[nH]c3)cc2)CC1. The van der Waals surface area contributed by atoms with Gasteiger partial charge < -0.3 is 4.74 Å². The summed E-state index contributed by atoms with van der Waals surface area (Å²) < 4.78 is 4.83. The monoisotopic (exact) mass is 323 g/mol. The van der Waals surface area contributed by atoms with Crippen molar-refractivity contribution in [2.45, 2.75) is 19.4 Å². The predicted molar refractivity (Wildman–Crippen MR) is 91.0 cm³/mol. The molecule has 2 heterocycles. The molecular weight excluding hydrogens is 302 g/mol. The highest BCUT2D eigenvalue weighted by molar-refractivity contribution is 5.72. The second kappa shape index (κ2) is 7.80. The second-order valence-corrected chi connectivity index (χ2v) is 6.01. The van der Waals surface area contributed by atoms with Crippen molar-refractivity contribution in [3.63, 3.8) is 0 Å². The van der Waals surface area contributed by atoms with Gasteiger partial charge in [0.2, 0.25) is 0 Å². The lowest BCUT2D eigenvalue weighted by molar-refractivity contribution is -0.147. The highest BCUT2D eigenvalue weighted by Crippen LogP contribution is 2.20. The van der Waals surface area contributed by atoms with E-state index in [0.717, 1.165) is 43.6 Å². The first-order chi connectivity index (χ1) is 11.7. The number of methoxy groups -OCH3 is 1. The van der Waals surface area contributed by atoms with Crippen molar-refractivity contribution < 1.29 is 9.53 Å². The van der Waals surface area contributed by atoms with Crippen LogP contribution in [0.25, 0.3) is 0 Å². The smallest absolute Gasteiger partial charge is 0.308 e. The fraction of sp³-hybridized carbons (Fsp3) is 0.368. The number of aromatic amines is 1. The highest BCUT2D eigenvalue weighted by Gasteiger charge is 2.25. The average molecular weight is 323 g/mol. The van der Waals surface area contributed by atoms with Crippen LogP contribution in [-0.4, -0.2) is 41.3 Å². The number of esters is 1. The molecule has 1 saturated heterocycles. The molecule has 24 heavy (non-hydrogen) atoms. The Hall–Kier alpha value is -2.58. The van der Waals surface area contributed by atoms with Crippen molar-refractivity contribution in [2.24, 2.45) is 5.92 Å². The highest BCUT2D eigenvalue weighted by atomic mass is 16.5. The summed E-state index contributed by atoms with van der Waals surface area (Å²) >= 11 is 0. The normalized spacial score (nSPS) is 15.5. The predicted octanol–water partition coefficient (Wildman–Crippen LogP) is 2.19. The van der Waals surface area contributed by atoms with Gasteiger partial charge >= 0.3 is 5.97 Å². The molecule has 1 N–H and O–H groups in total. The van der Waals surface area contributed by atoms with Crippen LogP contribution < -0.4 is 0 Å². The third-order valence-corrected chi connectivity index (χ3v) is 4.33. The minimum Gasteiger partial charge on any atom is -0.469 e. The lowest BCUT2D eigenvalue weighted by atomic mass is 9.96. The van der Waals surface area contributed by atoms with Crippen LogP contribution in [0.2, 0.25) is 0 Å². The Kier molecular flexibility index (Phi) is 5.29. The van der Waals surface area contributed by atoms with Crippen LogP contribution in [0.3, 0.4) is 0 Å². The molecule has 1 aromatic heterocycles. The quantitative estimate of drug-likeness (QED) is 0.695. The van der Waals surface area contributed by atoms with Gasteiger partial charge in [0.1, 0.15) is 0 Å². The van der Waals surface area contributed by atoms with Crippen LogP contribution in [0.5, 0.6) is 0 Å². The van der Waals surface area contributed by atoms with Crippen molar-refractivity contribution in [3.05, 3.63) is 53.3 Å². The van der Waals surface area contributed by atoms with Crippen LogP contribution >= 0.6 is 0 Å². The van der Waals surface area contributed by atoms with E-state index in [-0.39, 0.29) is 11.9 Å². The number of benzene rings is 1. The molecule has 1 aliphatic heterocycles. The van der Waals surface area contributed by atoms with Gasteiger partial charge in [0.15, 0.2) is 0 Å². The molecule has 3 rings (SSSR count). The summed E-state index contributed by atoms with van der Waals surface area (Å²) in [6, 6.07) is 8.32. The van der Waals surface area contributed by atoms with Crippen molar-refractivity contribution >= 4 is 5.97 Å². The van der Waals surface area contributed by atoms with E-state index in [0.29, 0.717) is 0 Å². The van der Waals surface area contributed by atoms with Gasteiger partial charge in [0, 0.05) is 18.3 Å². The standard InChI is InChI=1S/C19H21N3O2/c1-24-19(23)18-8-10-22(11-9-18)14-16-5-2-15(3-6-16)4-7-17-12-20-21-13-17/h2-3,5-6,12-13,18H,8-11,14H2,1H3,(H,20,21). The topological polar surface area (TPSA) is 58.2 Å². The van der Waals surface area contributed by atoms with Crippen molar-refractivity contribution in [3.8, 4) is 11.8 Å². The van der Waals surface area contributed by atoms with Gasteiger partial charge in [-0.1, -0.05) is 24.0 Å². The van der Waals surface area contributed by atoms with E-state index < -0.39 is 0 Å². The van der Waals surface area contributed by atoms with Crippen LogP contribution in [-0.2, 0) is 16.1 Å². The molecule has 0 radical (unpaired) electrons. The number of nitrogens with one attached hydrogen (secondary N) is 1. The van der Waals surface area contributed by atoms with E-state index in [1.807, 2.05) is 12.1 Å². The number of nitrogens with zero attached hydrogens (tertiary/aromatic N) is 2. The summed E-state index contributed by atoms with van der Waals surface area (Å²) in [4.78, 5) is 13.9. The number of likely N-dealkylation sites (tertiary alicyclic amines) is 1. The van der Waals surface area contributed by atoms with E-state index in [1.165, 1.54) is 12.7 Å². The molecule has 1 fully saturated rings. The first-order valence-corrected chi connectivity index (χ1v) is 8.14. The number of aromatic nitrogens is 2. The van der Waals surface area contributed by atoms with Gasteiger partial charge in [-0.3, -0.25) is 14.8 Å². The molecule has 0 saturated carbocycles. The maximum Gasteiger partial charge on any atom is 0.308 e. The summed E-state index contributed by atoms with van der Waals surface area (Å²) in [5.74, 6) is 6.18. The maximum absolute atomic E-state index is 11.6. The zero-order chi connectivity index (χ0) is 16.8. The molecule has 1 aromatic carbocycles. The number of ether oxygens (including phenoxy) is 1. The molecule has 0 spiro atoms. The van der Waals surface area contributed by atoms with Crippen LogP contribution in [0.4, 0.5) is 0 Å². The molecule has 0 unspecified atom stereocenters. The summed E-state index contributed by atoms with van der Waals surface area (Å²) in [5.41, 5.74) is 3.14. The molecule has 0 atom stereocenters. The molecule has 0 amide bonds. The lowest BCUT2D eigenvalue weighted by Gasteiger charge is -2.30. The number of carbonyl (C=O) groups is 1. The van der Waals surface area contributed by atoms with Crippen LogP contribution in [0.15, 0.2) is 36.7 Å². The number of piperidine rings is 1. The van der Waals surface area contributed by atoms with Gasteiger partial charge in [-0.2, -0.15) is 5.10 Å². The van der Waals surface area contributed by atoms with Crippen molar-refractivity contribution in [2.75, 3.05) is 20.2 Å². The van der Waals surface area contributed by atoms with Gasteiger partial charge in [0.25, 0.3) is 0 Å². The Bertz CT molecular complexity index is 718. The van der Waals surface area contributed by atoms with Gasteiger partial charge in [-0.15, -0.1) is 0 Å². The number of rotatable bonds is 3. The summed E-state index contributed by atoms with van der Waals surface area (Å²) in [6.45, 7) is 2.77. The third kappa shape index (κ3) is 4.24. The minimum absolute atomic E-state index is 0.0619. The molecule has 5 nitrogen and oxygen atoms in total. The van der Waals surface area contributed by atoms with Crippen molar-refractivity contribution in [1.29, 1.82) is 0 Å².